The van der Waals surface area contributed by atoms with E-state index in [1.165, 1.54) is 6.20 Å². The summed E-state index contributed by atoms with van der Waals surface area (Å²) in [4.78, 5) is 28.8. The van der Waals surface area contributed by atoms with Crippen LogP contribution in [0.3, 0.4) is 0 Å². The quantitative estimate of drug-likeness (QED) is 0.445. The van der Waals surface area contributed by atoms with Crippen LogP contribution >= 0.6 is 0 Å². The first kappa shape index (κ1) is 21.1. The molecule has 1 aromatic heterocycles. The zero-order valence-corrected chi connectivity index (χ0v) is 17.9. The molecule has 0 spiro atoms. The molecule has 0 aliphatic heterocycles. The number of carbonyl (C=O) groups is 2. The van der Waals surface area contributed by atoms with Crippen LogP contribution in [0, 0.1) is 0 Å². The molecule has 6 heteroatoms. The van der Waals surface area contributed by atoms with E-state index < -0.39 is 0 Å². The molecule has 0 fully saturated rings. The Labute approximate surface area is 186 Å². The molecule has 0 aliphatic rings. The molecule has 1 heterocycles. The minimum atomic E-state index is -0.283. The lowest BCUT2D eigenvalue weighted by Gasteiger charge is -2.11. The predicted molar refractivity (Wildman–Crippen MR) is 125 cm³/mol. The first-order valence-corrected chi connectivity index (χ1v) is 10.4. The van der Waals surface area contributed by atoms with E-state index in [4.69, 9.17) is 4.74 Å². The van der Waals surface area contributed by atoms with E-state index in [0.717, 1.165) is 28.4 Å². The van der Waals surface area contributed by atoms with Crippen molar-refractivity contribution in [2.75, 3.05) is 12.4 Å². The third kappa shape index (κ3) is 4.59. The standard InChI is InChI=1S/C26H23N3O3/c1-3-17-6-4-8-19(14-17)29-25(30)23-9-5-7-18-15-20(10-11-22(18)23)32-21-12-13-28-24(16-21)26(31)27-2/h4-16H,3H2,1-2H3,(H,27,31)(H,29,30). The molecule has 160 valence electrons. The van der Waals surface area contributed by atoms with Crippen molar-refractivity contribution in [2.24, 2.45) is 0 Å². The number of benzene rings is 3. The number of rotatable bonds is 6. The predicted octanol–water partition coefficient (Wildman–Crippen LogP) is 5.20. The second-order valence-corrected chi connectivity index (χ2v) is 7.25. The molecule has 0 saturated heterocycles. The molecule has 6 nitrogen and oxygen atoms in total. The van der Waals surface area contributed by atoms with Crippen molar-refractivity contribution in [2.45, 2.75) is 13.3 Å². The van der Waals surface area contributed by atoms with Gasteiger partial charge in [0.25, 0.3) is 11.8 Å². The fourth-order valence-electron chi connectivity index (χ4n) is 3.45. The van der Waals surface area contributed by atoms with Crippen LogP contribution in [0.15, 0.2) is 79.0 Å². The summed E-state index contributed by atoms with van der Waals surface area (Å²) in [5.74, 6) is 0.651. The van der Waals surface area contributed by atoms with Crippen molar-refractivity contribution in [3.63, 3.8) is 0 Å². The van der Waals surface area contributed by atoms with Gasteiger partial charge in [0, 0.05) is 30.6 Å². The fraction of sp³-hybridized carbons (Fsp3) is 0.115. The molecule has 3 aromatic carbocycles. The lowest BCUT2D eigenvalue weighted by Crippen LogP contribution is -2.18. The normalized spacial score (nSPS) is 10.6. The maximum atomic E-state index is 12.9. The van der Waals surface area contributed by atoms with Crippen molar-refractivity contribution in [1.29, 1.82) is 0 Å². The fourth-order valence-corrected chi connectivity index (χ4v) is 3.45. The molecule has 4 rings (SSSR count). The number of nitrogens with one attached hydrogen (secondary N) is 2. The third-order valence-electron chi connectivity index (χ3n) is 5.12. The number of nitrogens with zero attached hydrogens (tertiary/aromatic N) is 1. The SMILES string of the molecule is CCc1cccc(NC(=O)c2cccc3cc(Oc4ccnc(C(=O)NC)c4)ccc23)c1. The van der Waals surface area contributed by atoms with Gasteiger partial charge in [0.2, 0.25) is 0 Å². The average Bonchev–Trinajstić information content (AvgIpc) is 2.83. The summed E-state index contributed by atoms with van der Waals surface area (Å²) in [5.41, 5.74) is 2.80. The highest BCUT2D eigenvalue weighted by Crippen LogP contribution is 2.28. The van der Waals surface area contributed by atoms with Gasteiger partial charge in [-0.05, 0) is 65.2 Å². The van der Waals surface area contributed by atoms with Crippen molar-refractivity contribution in [3.8, 4) is 11.5 Å². The highest BCUT2D eigenvalue weighted by atomic mass is 16.5. The number of aryl methyl sites for hydroxylation is 1. The minimum absolute atomic E-state index is 0.165. The highest BCUT2D eigenvalue weighted by Gasteiger charge is 2.12. The number of amides is 2. The van der Waals surface area contributed by atoms with Crippen LogP contribution in [0.5, 0.6) is 11.5 Å². The summed E-state index contributed by atoms with van der Waals surface area (Å²) in [6.07, 6.45) is 2.43. The van der Waals surface area contributed by atoms with Crippen LogP contribution in [-0.2, 0) is 6.42 Å². The number of fused-ring (bicyclic) bond motifs is 1. The van der Waals surface area contributed by atoms with Crippen molar-refractivity contribution < 1.29 is 14.3 Å². The molecule has 0 aliphatic carbocycles. The second-order valence-electron chi connectivity index (χ2n) is 7.25. The van der Waals surface area contributed by atoms with Crippen LogP contribution < -0.4 is 15.4 Å². The van der Waals surface area contributed by atoms with E-state index in [0.29, 0.717) is 17.1 Å². The van der Waals surface area contributed by atoms with Crippen molar-refractivity contribution >= 4 is 28.3 Å². The largest absolute Gasteiger partial charge is 0.457 e. The number of pyridine rings is 1. The Hall–Kier alpha value is -4.19. The molecule has 0 saturated carbocycles. The number of carbonyl (C=O) groups excluding carboxylic acids is 2. The van der Waals surface area contributed by atoms with Crippen LogP contribution in [0.25, 0.3) is 10.8 Å². The first-order valence-electron chi connectivity index (χ1n) is 10.4. The maximum Gasteiger partial charge on any atom is 0.269 e. The highest BCUT2D eigenvalue weighted by molar-refractivity contribution is 6.13. The zero-order valence-electron chi connectivity index (χ0n) is 17.9. The Morgan fingerprint density at radius 2 is 1.72 bits per heavy atom. The van der Waals surface area contributed by atoms with Crippen molar-refractivity contribution in [1.82, 2.24) is 10.3 Å². The molecule has 2 N–H and O–H groups in total. The number of hydrogen-bond donors (Lipinski definition) is 2. The number of hydrogen-bond acceptors (Lipinski definition) is 4. The van der Waals surface area contributed by atoms with Gasteiger partial charge in [0.15, 0.2) is 0 Å². The van der Waals surface area contributed by atoms with Crippen LogP contribution in [-0.4, -0.2) is 23.8 Å². The lowest BCUT2D eigenvalue weighted by molar-refractivity contribution is 0.0957. The third-order valence-corrected chi connectivity index (χ3v) is 5.12. The monoisotopic (exact) mass is 425 g/mol. The number of aromatic nitrogens is 1. The molecule has 0 radical (unpaired) electrons. The van der Waals surface area contributed by atoms with Gasteiger partial charge in [0.1, 0.15) is 17.2 Å². The molecular weight excluding hydrogens is 402 g/mol. The van der Waals surface area contributed by atoms with Gasteiger partial charge in [-0.1, -0.05) is 31.2 Å². The maximum absolute atomic E-state index is 12.9. The van der Waals surface area contributed by atoms with Gasteiger partial charge < -0.3 is 15.4 Å². The Balaban J connectivity index is 1.58. The van der Waals surface area contributed by atoms with Gasteiger partial charge in [-0.3, -0.25) is 14.6 Å². The van der Waals surface area contributed by atoms with Crippen LogP contribution in [0.1, 0.15) is 33.3 Å². The van der Waals surface area contributed by atoms with Crippen molar-refractivity contribution in [3.05, 3.63) is 95.8 Å². The number of anilines is 1. The Morgan fingerprint density at radius 3 is 2.53 bits per heavy atom. The molecule has 0 bridgehead atoms. The molecule has 4 aromatic rings. The second kappa shape index (κ2) is 9.31. The first-order chi connectivity index (χ1) is 15.6. The van der Waals surface area contributed by atoms with E-state index in [-0.39, 0.29) is 17.5 Å². The van der Waals surface area contributed by atoms with E-state index in [1.54, 1.807) is 31.3 Å². The molecule has 0 unspecified atom stereocenters. The van der Waals surface area contributed by atoms with E-state index >= 15 is 0 Å². The van der Waals surface area contributed by atoms with E-state index in [9.17, 15) is 9.59 Å². The van der Waals surface area contributed by atoms with Gasteiger partial charge in [-0.15, -0.1) is 0 Å². The van der Waals surface area contributed by atoms with Gasteiger partial charge >= 0.3 is 0 Å². The Kier molecular flexibility index (Phi) is 6.12. The van der Waals surface area contributed by atoms with Crippen LogP contribution in [0.2, 0.25) is 0 Å². The summed E-state index contributed by atoms with van der Waals surface area (Å²) in [7, 11) is 1.55. The average molecular weight is 425 g/mol. The topological polar surface area (TPSA) is 80.3 Å². The summed E-state index contributed by atoms with van der Waals surface area (Å²) in [6.45, 7) is 2.08. The van der Waals surface area contributed by atoms with E-state index in [1.807, 2.05) is 48.5 Å². The Bertz CT molecular complexity index is 1300. The van der Waals surface area contributed by atoms with Crippen LogP contribution in [0.4, 0.5) is 5.69 Å². The summed E-state index contributed by atoms with van der Waals surface area (Å²) < 4.78 is 5.92. The smallest absolute Gasteiger partial charge is 0.269 e. The Morgan fingerprint density at radius 1 is 0.906 bits per heavy atom. The molecular formula is C26H23N3O3. The van der Waals surface area contributed by atoms with Gasteiger partial charge in [0.05, 0.1) is 0 Å². The molecule has 32 heavy (non-hydrogen) atoms. The van der Waals surface area contributed by atoms with Gasteiger partial charge in [-0.25, -0.2) is 0 Å². The molecule has 0 atom stereocenters. The summed E-state index contributed by atoms with van der Waals surface area (Å²) >= 11 is 0. The van der Waals surface area contributed by atoms with Gasteiger partial charge in [-0.2, -0.15) is 0 Å². The minimum Gasteiger partial charge on any atom is -0.457 e. The van der Waals surface area contributed by atoms with E-state index in [2.05, 4.69) is 22.5 Å². The summed E-state index contributed by atoms with van der Waals surface area (Å²) in [6, 6.07) is 22.2. The lowest BCUT2D eigenvalue weighted by atomic mass is 10.0. The number of ether oxygens (including phenoxy) is 1. The summed E-state index contributed by atoms with van der Waals surface area (Å²) in [5, 5.41) is 7.23. The molecule has 2 amide bonds. The zero-order chi connectivity index (χ0) is 22.5.